The molecule has 0 fully saturated rings. The van der Waals surface area contributed by atoms with Crippen LogP contribution in [0.4, 0.5) is 0 Å². The summed E-state index contributed by atoms with van der Waals surface area (Å²) in [4.78, 5) is 11.3. The third kappa shape index (κ3) is 4.58. The fourth-order valence-corrected chi connectivity index (χ4v) is 1.27. The molecule has 0 aliphatic heterocycles. The molecule has 0 heterocycles. The summed E-state index contributed by atoms with van der Waals surface area (Å²) in [7, 11) is 1.39. The molecule has 0 aromatic heterocycles. The fourth-order valence-electron chi connectivity index (χ4n) is 1.27. The molecular formula is C10H21NO3. The van der Waals surface area contributed by atoms with Crippen LogP contribution in [0.3, 0.4) is 0 Å². The van der Waals surface area contributed by atoms with E-state index in [1.807, 2.05) is 13.8 Å². The Morgan fingerprint density at radius 2 is 2.07 bits per heavy atom. The van der Waals surface area contributed by atoms with Gasteiger partial charge in [-0.05, 0) is 27.7 Å². The van der Waals surface area contributed by atoms with E-state index in [0.29, 0.717) is 13.2 Å². The highest BCUT2D eigenvalue weighted by atomic mass is 16.5. The molecule has 1 unspecified atom stereocenters. The smallest absolute Gasteiger partial charge is 0.325 e. The molecule has 4 nitrogen and oxygen atoms in total. The molecule has 0 aromatic carbocycles. The molecule has 0 aliphatic carbocycles. The quantitative estimate of drug-likeness (QED) is 0.653. The SMILES string of the molecule is CCOCC(C)NC(C)(C)C(=O)OC. The molecular weight excluding hydrogens is 182 g/mol. The Kier molecular flexibility index (Phi) is 5.72. The van der Waals surface area contributed by atoms with Gasteiger partial charge >= 0.3 is 5.97 Å². The summed E-state index contributed by atoms with van der Waals surface area (Å²) in [5.74, 6) is -0.263. The van der Waals surface area contributed by atoms with E-state index in [4.69, 9.17) is 4.74 Å². The molecule has 0 rings (SSSR count). The van der Waals surface area contributed by atoms with E-state index in [0.717, 1.165) is 0 Å². The van der Waals surface area contributed by atoms with Gasteiger partial charge in [0, 0.05) is 12.6 Å². The van der Waals surface area contributed by atoms with Crippen molar-refractivity contribution >= 4 is 5.97 Å². The normalized spacial score (nSPS) is 13.8. The number of carbonyl (C=O) groups is 1. The summed E-state index contributed by atoms with van der Waals surface area (Å²) in [6.45, 7) is 8.78. The molecule has 0 bridgehead atoms. The molecule has 0 amide bonds. The van der Waals surface area contributed by atoms with Gasteiger partial charge in [0.1, 0.15) is 5.54 Å². The number of carbonyl (C=O) groups excluding carboxylic acids is 1. The van der Waals surface area contributed by atoms with Gasteiger partial charge in [-0.3, -0.25) is 10.1 Å². The van der Waals surface area contributed by atoms with Gasteiger partial charge in [-0.25, -0.2) is 0 Å². The Labute approximate surface area is 86.0 Å². The standard InChI is InChI=1S/C10H21NO3/c1-6-14-7-8(2)11-10(3,4)9(12)13-5/h8,11H,6-7H2,1-5H3. The van der Waals surface area contributed by atoms with Crippen molar-refractivity contribution in [1.82, 2.24) is 5.32 Å². The summed E-state index contributed by atoms with van der Waals surface area (Å²) in [6.07, 6.45) is 0. The Hall–Kier alpha value is -0.610. The zero-order valence-electron chi connectivity index (χ0n) is 9.72. The summed E-state index contributed by atoms with van der Waals surface area (Å²) < 4.78 is 9.92. The van der Waals surface area contributed by atoms with Crippen molar-refractivity contribution in [2.45, 2.75) is 39.3 Å². The lowest BCUT2D eigenvalue weighted by atomic mass is 10.1. The third-order valence-electron chi connectivity index (χ3n) is 1.87. The van der Waals surface area contributed by atoms with Crippen molar-refractivity contribution in [3.8, 4) is 0 Å². The predicted molar refractivity (Wildman–Crippen MR) is 55.2 cm³/mol. The minimum atomic E-state index is -0.661. The molecule has 1 N–H and O–H groups in total. The van der Waals surface area contributed by atoms with Crippen molar-refractivity contribution < 1.29 is 14.3 Å². The van der Waals surface area contributed by atoms with Gasteiger partial charge in [0.15, 0.2) is 0 Å². The van der Waals surface area contributed by atoms with Gasteiger partial charge < -0.3 is 9.47 Å². The van der Waals surface area contributed by atoms with Gasteiger partial charge in [0.25, 0.3) is 0 Å². The van der Waals surface area contributed by atoms with Crippen molar-refractivity contribution in [3.05, 3.63) is 0 Å². The van der Waals surface area contributed by atoms with E-state index in [-0.39, 0.29) is 12.0 Å². The topological polar surface area (TPSA) is 47.6 Å². The number of esters is 1. The highest BCUT2D eigenvalue weighted by molar-refractivity contribution is 5.79. The third-order valence-corrected chi connectivity index (χ3v) is 1.87. The number of nitrogens with one attached hydrogen (secondary N) is 1. The second kappa shape index (κ2) is 5.98. The number of rotatable bonds is 6. The largest absolute Gasteiger partial charge is 0.468 e. The van der Waals surface area contributed by atoms with Crippen LogP contribution in [0, 0.1) is 0 Å². The van der Waals surface area contributed by atoms with E-state index in [1.165, 1.54) is 7.11 Å². The van der Waals surface area contributed by atoms with Crippen LogP contribution in [0.25, 0.3) is 0 Å². The minimum absolute atomic E-state index is 0.129. The highest BCUT2D eigenvalue weighted by Gasteiger charge is 2.29. The highest BCUT2D eigenvalue weighted by Crippen LogP contribution is 2.06. The van der Waals surface area contributed by atoms with Crippen LogP contribution < -0.4 is 5.32 Å². The lowest BCUT2D eigenvalue weighted by molar-refractivity contribution is -0.147. The Morgan fingerprint density at radius 3 is 2.50 bits per heavy atom. The number of ether oxygens (including phenoxy) is 2. The Balaban J connectivity index is 4.01. The average molecular weight is 203 g/mol. The van der Waals surface area contributed by atoms with Crippen LogP contribution in [-0.4, -0.2) is 37.9 Å². The second-order valence-electron chi connectivity index (χ2n) is 3.82. The summed E-state index contributed by atoms with van der Waals surface area (Å²) in [5, 5.41) is 3.14. The van der Waals surface area contributed by atoms with E-state index < -0.39 is 5.54 Å². The first kappa shape index (κ1) is 13.4. The molecule has 0 aliphatic rings. The maximum absolute atomic E-state index is 11.3. The van der Waals surface area contributed by atoms with Crippen molar-refractivity contribution in [1.29, 1.82) is 0 Å². The van der Waals surface area contributed by atoms with Crippen molar-refractivity contribution in [3.63, 3.8) is 0 Å². The van der Waals surface area contributed by atoms with Gasteiger partial charge in [-0.1, -0.05) is 0 Å². The monoisotopic (exact) mass is 203 g/mol. The van der Waals surface area contributed by atoms with Crippen LogP contribution >= 0.6 is 0 Å². The number of hydrogen-bond donors (Lipinski definition) is 1. The maximum atomic E-state index is 11.3. The molecule has 14 heavy (non-hydrogen) atoms. The molecule has 0 aromatic rings. The van der Waals surface area contributed by atoms with Crippen LogP contribution in [0.2, 0.25) is 0 Å². The maximum Gasteiger partial charge on any atom is 0.325 e. The molecule has 0 saturated heterocycles. The molecule has 4 heteroatoms. The average Bonchev–Trinajstić information content (AvgIpc) is 2.12. The first-order valence-electron chi connectivity index (χ1n) is 4.88. The zero-order chi connectivity index (χ0) is 11.2. The summed E-state index contributed by atoms with van der Waals surface area (Å²) in [6, 6.07) is 0.129. The zero-order valence-corrected chi connectivity index (χ0v) is 9.72. The Bertz CT molecular complexity index is 180. The lowest BCUT2D eigenvalue weighted by Gasteiger charge is -2.27. The molecule has 84 valence electrons. The van der Waals surface area contributed by atoms with Crippen LogP contribution in [-0.2, 0) is 14.3 Å². The van der Waals surface area contributed by atoms with E-state index in [2.05, 4.69) is 10.1 Å². The van der Waals surface area contributed by atoms with E-state index >= 15 is 0 Å². The molecule has 1 atom stereocenters. The van der Waals surface area contributed by atoms with Crippen molar-refractivity contribution in [2.75, 3.05) is 20.3 Å². The van der Waals surface area contributed by atoms with E-state index in [1.54, 1.807) is 13.8 Å². The van der Waals surface area contributed by atoms with Gasteiger partial charge in [-0.2, -0.15) is 0 Å². The second-order valence-corrected chi connectivity index (χ2v) is 3.82. The van der Waals surface area contributed by atoms with Gasteiger partial charge in [-0.15, -0.1) is 0 Å². The predicted octanol–water partition coefficient (Wildman–Crippen LogP) is 0.953. The van der Waals surface area contributed by atoms with E-state index in [9.17, 15) is 4.79 Å². The van der Waals surface area contributed by atoms with Gasteiger partial charge in [0.05, 0.1) is 13.7 Å². The first-order valence-corrected chi connectivity index (χ1v) is 4.88. The lowest BCUT2D eigenvalue weighted by Crippen LogP contribution is -2.52. The summed E-state index contributed by atoms with van der Waals surface area (Å²) in [5.41, 5.74) is -0.661. The van der Waals surface area contributed by atoms with Crippen LogP contribution in [0.1, 0.15) is 27.7 Å². The molecule has 0 spiro atoms. The Morgan fingerprint density at radius 1 is 1.50 bits per heavy atom. The minimum Gasteiger partial charge on any atom is -0.468 e. The first-order chi connectivity index (χ1) is 6.44. The fraction of sp³-hybridized carbons (Fsp3) is 0.900. The number of methoxy groups -OCH3 is 1. The number of hydrogen-bond acceptors (Lipinski definition) is 4. The van der Waals surface area contributed by atoms with Crippen LogP contribution in [0.5, 0.6) is 0 Å². The van der Waals surface area contributed by atoms with Gasteiger partial charge in [0.2, 0.25) is 0 Å². The molecule has 0 radical (unpaired) electrons. The molecule has 0 saturated carbocycles. The van der Waals surface area contributed by atoms with Crippen molar-refractivity contribution in [2.24, 2.45) is 0 Å². The summed E-state index contributed by atoms with van der Waals surface area (Å²) >= 11 is 0. The van der Waals surface area contributed by atoms with Crippen LogP contribution in [0.15, 0.2) is 0 Å².